The van der Waals surface area contributed by atoms with E-state index in [1.807, 2.05) is 0 Å². The molecule has 8 heteroatoms. The molecule has 1 fully saturated rings. The first kappa shape index (κ1) is 11.5. The second-order valence-corrected chi connectivity index (χ2v) is 4.25. The molecule has 0 aromatic carbocycles. The average Bonchev–Trinajstić information content (AvgIpc) is 2.86. The molecule has 1 amide bonds. The van der Waals surface area contributed by atoms with Gasteiger partial charge in [-0.1, -0.05) is 12.8 Å². The summed E-state index contributed by atoms with van der Waals surface area (Å²) in [6, 6.07) is 0. The zero-order valence-electron chi connectivity index (χ0n) is 9.14. The van der Waals surface area contributed by atoms with Crippen molar-refractivity contribution >= 4 is 11.9 Å². The van der Waals surface area contributed by atoms with Crippen molar-refractivity contribution in [3.05, 3.63) is 5.82 Å². The lowest BCUT2D eigenvalue weighted by atomic mass is 9.93. The fraction of sp³-hybridized carbons (Fsp3) is 0.667. The van der Waals surface area contributed by atoms with E-state index in [9.17, 15) is 9.59 Å². The van der Waals surface area contributed by atoms with Crippen LogP contribution in [0.4, 0.5) is 0 Å². The van der Waals surface area contributed by atoms with E-state index in [0.29, 0.717) is 12.8 Å². The maximum absolute atomic E-state index is 11.8. The number of nitrogens with zero attached hydrogens (tertiary/aromatic N) is 3. The third-order valence-electron chi connectivity index (χ3n) is 2.98. The van der Waals surface area contributed by atoms with Crippen LogP contribution in [0.1, 0.15) is 42.7 Å². The highest BCUT2D eigenvalue weighted by molar-refractivity contribution is 5.91. The third kappa shape index (κ3) is 2.58. The van der Waals surface area contributed by atoms with Gasteiger partial charge in [-0.25, -0.2) is 0 Å². The number of carboxylic acid groups (broad SMARTS) is 1. The van der Waals surface area contributed by atoms with Crippen LogP contribution in [0.15, 0.2) is 0 Å². The summed E-state index contributed by atoms with van der Waals surface area (Å²) in [6.45, 7) is 0. The first-order valence-electron chi connectivity index (χ1n) is 5.39. The number of nitrogens with one attached hydrogen (secondary N) is 2. The molecule has 92 valence electrons. The van der Waals surface area contributed by atoms with Crippen LogP contribution in [0.2, 0.25) is 0 Å². The second kappa shape index (κ2) is 4.48. The molecule has 0 aliphatic heterocycles. The molecule has 0 unspecified atom stereocenters. The molecule has 1 aromatic rings. The van der Waals surface area contributed by atoms with Crippen LogP contribution < -0.4 is 5.32 Å². The van der Waals surface area contributed by atoms with Gasteiger partial charge in [0.05, 0.1) is 12.0 Å². The number of hydrogen-bond acceptors (Lipinski definition) is 5. The van der Waals surface area contributed by atoms with E-state index in [1.54, 1.807) is 0 Å². The number of aliphatic carboxylic acids is 1. The van der Waals surface area contributed by atoms with Crippen molar-refractivity contribution in [2.45, 2.75) is 37.6 Å². The lowest BCUT2D eigenvalue weighted by Gasteiger charge is -2.27. The molecule has 0 bridgehead atoms. The molecule has 1 aliphatic rings. The SMILES string of the molecule is O=C(O)CC1(NC(=O)c2nn[nH]n2)CCCC1. The molecule has 3 N–H and O–H groups in total. The van der Waals surface area contributed by atoms with Crippen LogP contribution in [-0.4, -0.2) is 43.1 Å². The minimum Gasteiger partial charge on any atom is -0.481 e. The Hall–Kier alpha value is -1.99. The van der Waals surface area contributed by atoms with E-state index in [4.69, 9.17) is 5.11 Å². The zero-order valence-corrected chi connectivity index (χ0v) is 9.14. The Balaban J connectivity index is 2.08. The summed E-state index contributed by atoms with van der Waals surface area (Å²) in [7, 11) is 0. The van der Waals surface area contributed by atoms with E-state index >= 15 is 0 Å². The van der Waals surface area contributed by atoms with Crippen LogP contribution >= 0.6 is 0 Å². The molecule has 1 heterocycles. The van der Waals surface area contributed by atoms with Crippen molar-refractivity contribution < 1.29 is 14.7 Å². The van der Waals surface area contributed by atoms with Crippen LogP contribution in [0.3, 0.4) is 0 Å². The first-order valence-corrected chi connectivity index (χ1v) is 5.39. The predicted octanol–water partition coefficient (Wildman–Crippen LogP) is -0.283. The largest absolute Gasteiger partial charge is 0.481 e. The molecule has 17 heavy (non-hydrogen) atoms. The average molecular weight is 239 g/mol. The smallest absolute Gasteiger partial charge is 0.305 e. The van der Waals surface area contributed by atoms with Gasteiger partial charge in [0.1, 0.15) is 0 Å². The Morgan fingerprint density at radius 3 is 2.65 bits per heavy atom. The predicted molar refractivity (Wildman–Crippen MR) is 55.1 cm³/mol. The zero-order chi connectivity index (χ0) is 12.3. The normalized spacial score (nSPS) is 17.9. The van der Waals surface area contributed by atoms with Crippen LogP contribution in [0.25, 0.3) is 0 Å². The topological polar surface area (TPSA) is 121 Å². The number of carbonyl (C=O) groups is 2. The molecule has 8 nitrogen and oxygen atoms in total. The number of H-pyrrole nitrogens is 1. The van der Waals surface area contributed by atoms with Gasteiger partial charge in [-0.2, -0.15) is 5.21 Å². The summed E-state index contributed by atoms with van der Waals surface area (Å²) in [6.07, 6.45) is 3.10. The number of carboxylic acids is 1. The summed E-state index contributed by atoms with van der Waals surface area (Å²) in [5, 5.41) is 24.2. The van der Waals surface area contributed by atoms with Gasteiger partial charge in [0.25, 0.3) is 11.7 Å². The fourth-order valence-corrected chi connectivity index (χ4v) is 2.24. The third-order valence-corrected chi connectivity index (χ3v) is 2.98. The molecule has 0 radical (unpaired) electrons. The van der Waals surface area contributed by atoms with Gasteiger partial charge in [0.2, 0.25) is 0 Å². The Kier molecular flexibility index (Phi) is 3.03. The van der Waals surface area contributed by atoms with Gasteiger partial charge in [-0.05, 0) is 18.1 Å². The second-order valence-electron chi connectivity index (χ2n) is 4.25. The van der Waals surface area contributed by atoms with E-state index in [-0.39, 0.29) is 12.2 Å². The molecular weight excluding hydrogens is 226 g/mol. The number of amides is 1. The fourth-order valence-electron chi connectivity index (χ4n) is 2.24. The number of tetrazole rings is 1. The van der Waals surface area contributed by atoms with Gasteiger partial charge in [0.15, 0.2) is 0 Å². The number of hydrogen-bond donors (Lipinski definition) is 3. The molecule has 1 aromatic heterocycles. The maximum Gasteiger partial charge on any atom is 0.305 e. The minimum atomic E-state index is -0.916. The maximum atomic E-state index is 11.8. The van der Waals surface area contributed by atoms with Crippen LogP contribution in [0.5, 0.6) is 0 Å². The molecule has 0 saturated heterocycles. The van der Waals surface area contributed by atoms with Crippen molar-refractivity contribution in [3.63, 3.8) is 0 Å². The Morgan fingerprint density at radius 1 is 1.41 bits per heavy atom. The molecule has 0 atom stereocenters. The first-order chi connectivity index (χ1) is 8.11. The number of aromatic amines is 1. The van der Waals surface area contributed by atoms with Gasteiger partial charge in [0, 0.05) is 0 Å². The molecule has 1 saturated carbocycles. The van der Waals surface area contributed by atoms with Crippen LogP contribution in [0, 0.1) is 0 Å². The Bertz CT molecular complexity index is 410. The number of carbonyl (C=O) groups excluding carboxylic acids is 1. The van der Waals surface area contributed by atoms with Crippen molar-refractivity contribution in [2.24, 2.45) is 0 Å². The van der Waals surface area contributed by atoms with Gasteiger partial charge < -0.3 is 10.4 Å². The molecule has 0 spiro atoms. The van der Waals surface area contributed by atoms with Crippen LogP contribution in [-0.2, 0) is 4.79 Å². The quantitative estimate of drug-likeness (QED) is 0.664. The summed E-state index contributed by atoms with van der Waals surface area (Å²) in [5.41, 5.74) is -0.663. The van der Waals surface area contributed by atoms with Gasteiger partial charge in [-0.15, -0.1) is 10.2 Å². The highest BCUT2D eigenvalue weighted by atomic mass is 16.4. The molecule has 1 aliphatic carbocycles. The van der Waals surface area contributed by atoms with E-state index in [2.05, 4.69) is 25.9 Å². The highest BCUT2D eigenvalue weighted by Gasteiger charge is 2.38. The Labute approximate surface area is 96.8 Å². The summed E-state index contributed by atoms with van der Waals surface area (Å²) >= 11 is 0. The standard InChI is InChI=1S/C9H13N5O3/c15-6(16)5-9(3-1-2-4-9)10-8(17)7-11-13-14-12-7/h1-5H2,(H,10,17)(H,15,16)(H,11,12,13,14). The van der Waals surface area contributed by atoms with Crippen molar-refractivity contribution in [3.8, 4) is 0 Å². The number of rotatable bonds is 4. The monoisotopic (exact) mass is 239 g/mol. The summed E-state index contributed by atoms with van der Waals surface area (Å²) < 4.78 is 0. The van der Waals surface area contributed by atoms with Gasteiger partial charge >= 0.3 is 5.97 Å². The highest BCUT2D eigenvalue weighted by Crippen LogP contribution is 2.32. The number of aromatic nitrogens is 4. The summed E-state index contributed by atoms with van der Waals surface area (Å²) in [5.74, 6) is -1.47. The Morgan fingerprint density at radius 2 is 2.12 bits per heavy atom. The van der Waals surface area contributed by atoms with Crippen molar-refractivity contribution in [1.29, 1.82) is 0 Å². The molecular formula is C9H13N5O3. The minimum absolute atomic E-state index is 0.0679. The van der Waals surface area contributed by atoms with Crippen molar-refractivity contribution in [2.75, 3.05) is 0 Å². The molecule has 2 rings (SSSR count). The van der Waals surface area contributed by atoms with Crippen molar-refractivity contribution in [1.82, 2.24) is 25.9 Å². The lowest BCUT2D eigenvalue weighted by Crippen LogP contribution is -2.48. The summed E-state index contributed by atoms with van der Waals surface area (Å²) in [4.78, 5) is 22.6. The van der Waals surface area contributed by atoms with E-state index in [1.165, 1.54) is 0 Å². The lowest BCUT2D eigenvalue weighted by molar-refractivity contribution is -0.138. The van der Waals surface area contributed by atoms with E-state index in [0.717, 1.165) is 12.8 Å². The van der Waals surface area contributed by atoms with E-state index < -0.39 is 17.4 Å². The van der Waals surface area contributed by atoms with Gasteiger partial charge in [-0.3, -0.25) is 9.59 Å².